The van der Waals surface area contributed by atoms with Crippen LogP contribution in [0.3, 0.4) is 0 Å². The first-order chi connectivity index (χ1) is 12.1. The molecule has 0 saturated carbocycles. The number of aryl methyl sites for hydroxylation is 2. The Hall–Kier alpha value is -2.80. The molecule has 3 rings (SSSR count). The number of nitrogens with one attached hydrogen (secondary N) is 1. The molecule has 1 amide bonds. The van der Waals surface area contributed by atoms with E-state index >= 15 is 0 Å². The second kappa shape index (κ2) is 7.40. The first kappa shape index (κ1) is 17.0. The zero-order valence-corrected chi connectivity index (χ0v) is 14.5. The van der Waals surface area contributed by atoms with Crippen LogP contribution in [0.4, 0.5) is 0 Å². The van der Waals surface area contributed by atoms with Crippen LogP contribution < -0.4 is 5.32 Å². The van der Waals surface area contributed by atoms with E-state index in [9.17, 15) is 4.79 Å². The number of aromatic nitrogens is 3. The minimum Gasteiger partial charge on any atom is -0.377 e. The van der Waals surface area contributed by atoms with Crippen LogP contribution in [0.1, 0.15) is 33.3 Å². The van der Waals surface area contributed by atoms with E-state index in [4.69, 9.17) is 9.26 Å². The molecule has 0 aliphatic carbocycles. The van der Waals surface area contributed by atoms with Gasteiger partial charge in [-0.05, 0) is 32.0 Å². The summed E-state index contributed by atoms with van der Waals surface area (Å²) in [4.78, 5) is 21.3. The summed E-state index contributed by atoms with van der Waals surface area (Å²) in [6.45, 7) is 4.58. The second-order valence-corrected chi connectivity index (χ2v) is 5.88. The minimum absolute atomic E-state index is 0.141. The monoisotopic (exact) mass is 340 g/mol. The Morgan fingerprint density at radius 3 is 2.88 bits per heavy atom. The lowest BCUT2D eigenvalue weighted by Crippen LogP contribution is -2.26. The number of nitrogens with zero attached hydrogens (tertiary/aromatic N) is 3. The smallest absolute Gasteiger partial charge is 0.252 e. The van der Waals surface area contributed by atoms with Gasteiger partial charge in [-0.1, -0.05) is 16.8 Å². The van der Waals surface area contributed by atoms with Crippen LogP contribution in [-0.4, -0.2) is 34.7 Å². The van der Waals surface area contributed by atoms with E-state index in [0.29, 0.717) is 36.9 Å². The maximum Gasteiger partial charge on any atom is 0.252 e. The Labute approximate surface area is 145 Å². The summed E-state index contributed by atoms with van der Waals surface area (Å²) >= 11 is 0. The standard InChI is InChI=1S/C18H20N4O3/c1-11-4-5-15-13(8-11)14(9-12(2)20-15)18(23)19-7-6-17-21-16(10-24-3)22-25-17/h4-5,8-9H,6-7,10H2,1-3H3,(H,19,23). The number of hydrogen-bond acceptors (Lipinski definition) is 6. The van der Waals surface area contributed by atoms with Gasteiger partial charge in [0, 0.05) is 31.2 Å². The average Bonchev–Trinajstić information content (AvgIpc) is 3.02. The number of carbonyl (C=O) groups is 1. The number of amides is 1. The molecule has 0 radical (unpaired) electrons. The van der Waals surface area contributed by atoms with E-state index in [0.717, 1.165) is 22.2 Å². The molecule has 25 heavy (non-hydrogen) atoms. The first-order valence-corrected chi connectivity index (χ1v) is 8.03. The molecule has 0 bridgehead atoms. The number of ether oxygens (including phenoxy) is 1. The van der Waals surface area contributed by atoms with Gasteiger partial charge in [0.25, 0.3) is 5.91 Å². The van der Waals surface area contributed by atoms with E-state index in [1.165, 1.54) is 0 Å². The normalized spacial score (nSPS) is 11.0. The Morgan fingerprint density at radius 1 is 1.24 bits per heavy atom. The van der Waals surface area contributed by atoms with Crippen LogP contribution in [0.5, 0.6) is 0 Å². The highest BCUT2D eigenvalue weighted by Crippen LogP contribution is 2.20. The van der Waals surface area contributed by atoms with Gasteiger partial charge in [-0.25, -0.2) is 0 Å². The summed E-state index contributed by atoms with van der Waals surface area (Å²) < 4.78 is 10.1. The average molecular weight is 340 g/mol. The van der Waals surface area contributed by atoms with Crippen LogP contribution in [0.25, 0.3) is 10.9 Å². The van der Waals surface area contributed by atoms with Crippen molar-refractivity contribution in [3.05, 3.63) is 52.8 Å². The number of methoxy groups -OCH3 is 1. The topological polar surface area (TPSA) is 90.1 Å². The van der Waals surface area contributed by atoms with Crippen molar-refractivity contribution in [2.45, 2.75) is 26.9 Å². The van der Waals surface area contributed by atoms with E-state index < -0.39 is 0 Å². The summed E-state index contributed by atoms with van der Waals surface area (Å²) in [6, 6.07) is 7.71. The van der Waals surface area contributed by atoms with Gasteiger partial charge < -0.3 is 14.6 Å². The van der Waals surface area contributed by atoms with Crippen molar-refractivity contribution in [2.24, 2.45) is 0 Å². The lowest BCUT2D eigenvalue weighted by atomic mass is 10.0. The van der Waals surface area contributed by atoms with Gasteiger partial charge in [0.1, 0.15) is 6.61 Å². The van der Waals surface area contributed by atoms with Crippen LogP contribution in [0.15, 0.2) is 28.8 Å². The third-order valence-corrected chi connectivity index (χ3v) is 3.74. The summed E-state index contributed by atoms with van der Waals surface area (Å²) in [7, 11) is 1.57. The van der Waals surface area contributed by atoms with Gasteiger partial charge in [-0.2, -0.15) is 4.98 Å². The molecule has 0 unspecified atom stereocenters. The summed E-state index contributed by atoms with van der Waals surface area (Å²) in [5, 5.41) is 7.54. The zero-order chi connectivity index (χ0) is 17.8. The number of carbonyl (C=O) groups excluding carboxylic acids is 1. The fourth-order valence-corrected chi connectivity index (χ4v) is 2.62. The SMILES string of the molecule is COCc1noc(CCNC(=O)c2cc(C)nc3ccc(C)cc23)n1. The van der Waals surface area contributed by atoms with Gasteiger partial charge in [0.2, 0.25) is 5.89 Å². The van der Waals surface area contributed by atoms with Crippen LogP contribution in [0.2, 0.25) is 0 Å². The molecule has 2 heterocycles. The number of hydrogen-bond donors (Lipinski definition) is 1. The van der Waals surface area contributed by atoms with Gasteiger partial charge in [-0.3, -0.25) is 9.78 Å². The quantitative estimate of drug-likeness (QED) is 0.741. The van der Waals surface area contributed by atoms with Gasteiger partial charge in [0.05, 0.1) is 11.1 Å². The van der Waals surface area contributed by atoms with E-state index in [2.05, 4.69) is 20.4 Å². The molecular weight excluding hydrogens is 320 g/mol. The number of benzene rings is 1. The Kier molecular flexibility index (Phi) is 5.04. The molecule has 0 saturated heterocycles. The van der Waals surface area contributed by atoms with Crippen molar-refractivity contribution >= 4 is 16.8 Å². The highest BCUT2D eigenvalue weighted by Gasteiger charge is 2.13. The van der Waals surface area contributed by atoms with E-state index in [1.807, 2.05) is 32.0 Å². The van der Waals surface area contributed by atoms with Crippen LogP contribution in [-0.2, 0) is 17.8 Å². The largest absolute Gasteiger partial charge is 0.377 e. The molecule has 0 aliphatic rings. The number of fused-ring (bicyclic) bond motifs is 1. The molecule has 7 heteroatoms. The van der Waals surface area contributed by atoms with Crippen molar-refractivity contribution in [3.8, 4) is 0 Å². The third kappa shape index (κ3) is 4.00. The van der Waals surface area contributed by atoms with Gasteiger partial charge in [-0.15, -0.1) is 0 Å². The van der Waals surface area contributed by atoms with Crippen LogP contribution >= 0.6 is 0 Å². The van der Waals surface area contributed by atoms with Crippen LogP contribution in [0, 0.1) is 13.8 Å². The molecule has 0 spiro atoms. The molecule has 3 aromatic rings. The van der Waals surface area contributed by atoms with Gasteiger partial charge in [0.15, 0.2) is 5.82 Å². The van der Waals surface area contributed by atoms with Crippen molar-refractivity contribution < 1.29 is 14.1 Å². The lowest BCUT2D eigenvalue weighted by Gasteiger charge is -2.09. The number of pyridine rings is 1. The fraction of sp³-hybridized carbons (Fsp3) is 0.333. The maximum absolute atomic E-state index is 12.6. The molecule has 1 N–H and O–H groups in total. The Bertz CT molecular complexity index is 904. The predicted octanol–water partition coefficient (Wildman–Crippen LogP) is 2.35. The predicted molar refractivity (Wildman–Crippen MR) is 92.3 cm³/mol. The highest BCUT2D eigenvalue weighted by molar-refractivity contribution is 6.06. The highest BCUT2D eigenvalue weighted by atomic mass is 16.5. The van der Waals surface area contributed by atoms with E-state index in [1.54, 1.807) is 13.2 Å². The summed E-state index contributed by atoms with van der Waals surface area (Å²) in [5.74, 6) is 0.826. The lowest BCUT2D eigenvalue weighted by molar-refractivity contribution is 0.0955. The first-order valence-electron chi connectivity index (χ1n) is 8.03. The molecule has 7 nitrogen and oxygen atoms in total. The Morgan fingerprint density at radius 2 is 2.08 bits per heavy atom. The second-order valence-electron chi connectivity index (χ2n) is 5.88. The van der Waals surface area contributed by atoms with Crippen molar-refractivity contribution in [1.29, 1.82) is 0 Å². The summed E-state index contributed by atoms with van der Waals surface area (Å²) in [5.41, 5.74) is 3.33. The molecule has 2 aromatic heterocycles. The molecular formula is C18H20N4O3. The van der Waals surface area contributed by atoms with Gasteiger partial charge >= 0.3 is 0 Å². The van der Waals surface area contributed by atoms with E-state index in [-0.39, 0.29) is 5.91 Å². The number of rotatable bonds is 6. The zero-order valence-electron chi connectivity index (χ0n) is 14.5. The molecule has 130 valence electrons. The molecule has 1 aromatic carbocycles. The molecule has 0 aliphatic heterocycles. The maximum atomic E-state index is 12.6. The molecule has 0 atom stereocenters. The summed E-state index contributed by atoms with van der Waals surface area (Å²) in [6.07, 6.45) is 0.462. The Balaban J connectivity index is 1.70. The van der Waals surface area contributed by atoms with Crippen molar-refractivity contribution in [3.63, 3.8) is 0 Å². The minimum atomic E-state index is -0.141. The van der Waals surface area contributed by atoms with Crippen molar-refractivity contribution in [2.75, 3.05) is 13.7 Å². The molecule has 0 fully saturated rings. The van der Waals surface area contributed by atoms with Crippen molar-refractivity contribution in [1.82, 2.24) is 20.4 Å². The fourth-order valence-electron chi connectivity index (χ4n) is 2.62. The third-order valence-electron chi connectivity index (χ3n) is 3.74.